The molecule has 3 aromatic rings. The van der Waals surface area contributed by atoms with Gasteiger partial charge in [-0.15, -0.1) is 0 Å². The van der Waals surface area contributed by atoms with Gasteiger partial charge in [-0.05, 0) is 30.9 Å². The van der Waals surface area contributed by atoms with Crippen molar-refractivity contribution in [2.45, 2.75) is 38.6 Å². The van der Waals surface area contributed by atoms with E-state index in [1.165, 1.54) is 32.1 Å². The molecule has 0 aliphatic heterocycles. The van der Waals surface area contributed by atoms with E-state index in [1.54, 1.807) is 21.3 Å². The second kappa shape index (κ2) is 7.50. The number of rotatable bonds is 6. The van der Waals surface area contributed by atoms with E-state index in [4.69, 9.17) is 19.2 Å². The molecule has 0 atom stereocenters. The van der Waals surface area contributed by atoms with E-state index in [1.807, 2.05) is 23.0 Å². The zero-order valence-corrected chi connectivity index (χ0v) is 16.1. The van der Waals surface area contributed by atoms with Crippen LogP contribution in [-0.2, 0) is 6.54 Å². The molecule has 1 fully saturated rings. The van der Waals surface area contributed by atoms with E-state index in [0.717, 1.165) is 29.1 Å². The Morgan fingerprint density at radius 3 is 2.52 bits per heavy atom. The zero-order valence-electron chi connectivity index (χ0n) is 16.1. The highest BCUT2D eigenvalue weighted by Gasteiger charge is 2.21. The highest BCUT2D eigenvalue weighted by Crippen LogP contribution is 2.43. The average molecular weight is 370 g/mol. The molecule has 1 saturated carbocycles. The van der Waals surface area contributed by atoms with Crippen molar-refractivity contribution in [3.8, 4) is 28.6 Å². The van der Waals surface area contributed by atoms with Crippen LogP contribution in [0.15, 0.2) is 18.3 Å². The summed E-state index contributed by atoms with van der Waals surface area (Å²) in [5.41, 5.74) is 2.64. The minimum absolute atomic E-state index is 0.557. The fraction of sp³-hybridized carbons (Fsp3) is 0.500. The molecule has 1 aromatic carbocycles. The van der Waals surface area contributed by atoms with Gasteiger partial charge in [0.15, 0.2) is 17.1 Å². The number of methoxy groups -OCH3 is 3. The molecule has 144 valence electrons. The summed E-state index contributed by atoms with van der Waals surface area (Å²) in [6.45, 7) is 0.927. The van der Waals surface area contributed by atoms with Gasteiger partial charge in [0.1, 0.15) is 11.3 Å². The van der Waals surface area contributed by atoms with Crippen LogP contribution in [0.4, 0.5) is 0 Å². The number of fused-ring (bicyclic) bond motifs is 1. The van der Waals surface area contributed by atoms with Crippen LogP contribution >= 0.6 is 0 Å². The lowest BCUT2D eigenvalue weighted by Gasteiger charge is -2.21. The second-order valence-electron chi connectivity index (χ2n) is 7.04. The van der Waals surface area contributed by atoms with Gasteiger partial charge in [0.2, 0.25) is 5.75 Å². The van der Waals surface area contributed by atoms with Crippen LogP contribution in [0.2, 0.25) is 0 Å². The first kappa shape index (κ1) is 17.7. The molecule has 0 radical (unpaired) electrons. The lowest BCUT2D eigenvalue weighted by molar-refractivity contribution is 0.311. The molecule has 27 heavy (non-hydrogen) atoms. The number of nitrogens with zero attached hydrogens (tertiary/aromatic N) is 3. The Bertz CT molecular complexity index is 925. The first-order chi connectivity index (χ1) is 13.2. The zero-order chi connectivity index (χ0) is 18.8. The minimum Gasteiger partial charge on any atom is -0.493 e. The Morgan fingerprint density at radius 1 is 1.04 bits per heavy atom. The standard InChI is InChI=1S/C20H26N4O3/c1-25-16-10-9-14(17(26-2)18(16)27-3)19-22-15-11-21-24(20(15)23-19)12-13-7-5-4-6-8-13/h9-11,13H,4-8,12H2,1-3H3,(H,22,23). The van der Waals surface area contributed by atoms with Gasteiger partial charge in [0, 0.05) is 6.54 Å². The monoisotopic (exact) mass is 370 g/mol. The minimum atomic E-state index is 0.557. The fourth-order valence-corrected chi connectivity index (χ4v) is 4.01. The van der Waals surface area contributed by atoms with Crippen molar-refractivity contribution in [2.75, 3.05) is 21.3 Å². The number of imidazole rings is 1. The Morgan fingerprint density at radius 2 is 1.81 bits per heavy atom. The van der Waals surface area contributed by atoms with Gasteiger partial charge in [-0.25, -0.2) is 9.67 Å². The molecule has 1 aliphatic carbocycles. The van der Waals surface area contributed by atoms with Gasteiger partial charge < -0.3 is 19.2 Å². The molecule has 0 bridgehead atoms. The lowest BCUT2D eigenvalue weighted by atomic mass is 9.89. The molecular formula is C20H26N4O3. The van der Waals surface area contributed by atoms with Crippen LogP contribution in [0, 0.1) is 5.92 Å². The van der Waals surface area contributed by atoms with E-state index >= 15 is 0 Å². The molecule has 2 aromatic heterocycles. The summed E-state index contributed by atoms with van der Waals surface area (Å²) in [7, 11) is 4.83. The maximum atomic E-state index is 5.60. The number of hydrogen-bond donors (Lipinski definition) is 1. The maximum absolute atomic E-state index is 5.60. The number of benzene rings is 1. The first-order valence-corrected chi connectivity index (χ1v) is 9.46. The van der Waals surface area contributed by atoms with Crippen molar-refractivity contribution in [2.24, 2.45) is 5.92 Å². The quantitative estimate of drug-likeness (QED) is 0.709. The van der Waals surface area contributed by atoms with Gasteiger partial charge in [-0.2, -0.15) is 5.10 Å². The number of H-pyrrole nitrogens is 1. The topological polar surface area (TPSA) is 74.2 Å². The molecule has 1 aliphatic rings. The Hall–Kier alpha value is -2.70. The Kier molecular flexibility index (Phi) is 4.92. The number of nitrogens with one attached hydrogen (secondary N) is 1. The molecule has 0 unspecified atom stereocenters. The molecular weight excluding hydrogens is 344 g/mol. The van der Waals surface area contributed by atoms with Crippen molar-refractivity contribution in [3.05, 3.63) is 18.3 Å². The second-order valence-corrected chi connectivity index (χ2v) is 7.04. The summed E-state index contributed by atoms with van der Waals surface area (Å²) in [5.74, 6) is 3.20. The maximum Gasteiger partial charge on any atom is 0.204 e. The molecule has 2 heterocycles. The largest absolute Gasteiger partial charge is 0.493 e. The fourth-order valence-electron chi connectivity index (χ4n) is 4.01. The molecule has 0 saturated heterocycles. The van der Waals surface area contributed by atoms with Crippen LogP contribution in [0.1, 0.15) is 32.1 Å². The third-order valence-corrected chi connectivity index (χ3v) is 5.40. The Balaban J connectivity index is 1.70. The number of aromatic amines is 1. The number of ether oxygens (including phenoxy) is 3. The molecule has 0 spiro atoms. The van der Waals surface area contributed by atoms with Crippen LogP contribution in [0.3, 0.4) is 0 Å². The average Bonchev–Trinajstić information content (AvgIpc) is 3.29. The summed E-state index contributed by atoms with van der Waals surface area (Å²) in [4.78, 5) is 8.18. The molecule has 1 N–H and O–H groups in total. The van der Waals surface area contributed by atoms with E-state index in [2.05, 4.69) is 10.1 Å². The summed E-state index contributed by atoms with van der Waals surface area (Å²) in [6, 6.07) is 3.79. The van der Waals surface area contributed by atoms with E-state index in [0.29, 0.717) is 23.2 Å². The molecule has 7 nitrogen and oxygen atoms in total. The van der Waals surface area contributed by atoms with Gasteiger partial charge in [0.05, 0.1) is 33.1 Å². The lowest BCUT2D eigenvalue weighted by Crippen LogP contribution is -2.15. The highest BCUT2D eigenvalue weighted by atomic mass is 16.5. The van der Waals surface area contributed by atoms with Crippen LogP contribution in [0.5, 0.6) is 17.2 Å². The smallest absolute Gasteiger partial charge is 0.204 e. The van der Waals surface area contributed by atoms with E-state index in [-0.39, 0.29) is 0 Å². The summed E-state index contributed by atoms with van der Waals surface area (Å²) >= 11 is 0. The Labute approximate surface area is 158 Å². The van der Waals surface area contributed by atoms with E-state index < -0.39 is 0 Å². The van der Waals surface area contributed by atoms with Gasteiger partial charge in [0.25, 0.3) is 0 Å². The first-order valence-electron chi connectivity index (χ1n) is 9.46. The third kappa shape index (κ3) is 3.22. The predicted octanol–water partition coefficient (Wildman–Crippen LogP) is 4.03. The van der Waals surface area contributed by atoms with Gasteiger partial charge in [-0.3, -0.25) is 0 Å². The van der Waals surface area contributed by atoms with Gasteiger partial charge in [-0.1, -0.05) is 19.3 Å². The van der Waals surface area contributed by atoms with Crippen molar-refractivity contribution in [1.82, 2.24) is 19.7 Å². The van der Waals surface area contributed by atoms with Crippen LogP contribution < -0.4 is 14.2 Å². The summed E-state index contributed by atoms with van der Waals surface area (Å²) in [5, 5.41) is 4.53. The predicted molar refractivity (Wildman–Crippen MR) is 104 cm³/mol. The summed E-state index contributed by atoms with van der Waals surface area (Å²) in [6.07, 6.45) is 8.41. The van der Waals surface area contributed by atoms with Gasteiger partial charge >= 0.3 is 0 Å². The van der Waals surface area contributed by atoms with E-state index in [9.17, 15) is 0 Å². The van der Waals surface area contributed by atoms with Crippen molar-refractivity contribution in [1.29, 1.82) is 0 Å². The third-order valence-electron chi connectivity index (χ3n) is 5.40. The van der Waals surface area contributed by atoms with Crippen molar-refractivity contribution in [3.63, 3.8) is 0 Å². The SMILES string of the molecule is COc1ccc(-c2nc3c(cnn3CC3CCCCC3)[nH]2)c(OC)c1OC. The molecule has 0 amide bonds. The number of hydrogen-bond acceptors (Lipinski definition) is 5. The van der Waals surface area contributed by atoms with Crippen molar-refractivity contribution >= 4 is 11.2 Å². The van der Waals surface area contributed by atoms with Crippen LogP contribution in [-0.4, -0.2) is 41.1 Å². The number of aromatic nitrogens is 4. The molecule has 4 rings (SSSR count). The highest BCUT2D eigenvalue weighted by molar-refractivity contribution is 5.80. The van der Waals surface area contributed by atoms with Crippen molar-refractivity contribution < 1.29 is 14.2 Å². The van der Waals surface area contributed by atoms with Crippen LogP contribution in [0.25, 0.3) is 22.6 Å². The normalized spacial score (nSPS) is 15.2. The molecule has 7 heteroatoms. The summed E-state index contributed by atoms with van der Waals surface area (Å²) < 4.78 is 18.5.